The van der Waals surface area contributed by atoms with Gasteiger partial charge in [0.2, 0.25) is 5.89 Å². The fourth-order valence-electron chi connectivity index (χ4n) is 3.47. The maximum atomic E-state index is 10.1. The summed E-state index contributed by atoms with van der Waals surface area (Å²) >= 11 is 0. The number of hydrogen-bond acceptors (Lipinski definition) is 5. The number of aryl methyl sites for hydroxylation is 1. The molecule has 1 aromatic heterocycles. The van der Waals surface area contributed by atoms with Gasteiger partial charge in [-0.15, -0.1) is 0 Å². The molecule has 1 aromatic rings. The first kappa shape index (κ1) is 13.1. The van der Waals surface area contributed by atoms with E-state index in [1.54, 1.807) is 0 Å². The number of nitrogens with zero attached hydrogens (tertiary/aromatic N) is 3. The Morgan fingerprint density at radius 2 is 1.89 bits per heavy atom. The van der Waals surface area contributed by atoms with E-state index < -0.39 is 0 Å². The number of rotatable bonds is 2. The summed E-state index contributed by atoms with van der Waals surface area (Å²) in [5.74, 6) is 1.92. The van der Waals surface area contributed by atoms with E-state index in [-0.39, 0.29) is 6.10 Å². The highest BCUT2D eigenvalue weighted by molar-refractivity contribution is 4.97. The van der Waals surface area contributed by atoms with Gasteiger partial charge in [-0.1, -0.05) is 18.0 Å². The Hall–Kier alpha value is -0.940. The van der Waals surface area contributed by atoms with Gasteiger partial charge in [0.1, 0.15) is 0 Å². The summed E-state index contributed by atoms with van der Waals surface area (Å²) in [6.45, 7) is 3.93. The van der Waals surface area contributed by atoms with Gasteiger partial charge >= 0.3 is 0 Å². The van der Waals surface area contributed by atoms with E-state index in [1.807, 2.05) is 6.92 Å². The lowest BCUT2D eigenvalue weighted by Crippen LogP contribution is -2.48. The van der Waals surface area contributed by atoms with E-state index in [0.717, 1.165) is 50.5 Å². The minimum Gasteiger partial charge on any atom is -0.391 e. The summed E-state index contributed by atoms with van der Waals surface area (Å²) in [5.41, 5.74) is 0. The van der Waals surface area contributed by atoms with Crippen molar-refractivity contribution in [2.45, 2.75) is 63.5 Å². The van der Waals surface area contributed by atoms with Crippen LogP contribution in [0.25, 0.3) is 0 Å². The molecule has 2 atom stereocenters. The first-order chi connectivity index (χ1) is 9.24. The van der Waals surface area contributed by atoms with Gasteiger partial charge in [0.15, 0.2) is 5.82 Å². The highest BCUT2D eigenvalue weighted by Gasteiger charge is 2.33. The predicted molar refractivity (Wildman–Crippen MR) is 70.8 cm³/mol. The normalized spacial score (nSPS) is 30.6. The number of aromatic nitrogens is 2. The van der Waals surface area contributed by atoms with Crippen LogP contribution < -0.4 is 0 Å². The van der Waals surface area contributed by atoms with Crippen LogP contribution in [-0.2, 0) is 0 Å². The molecular weight excluding hydrogens is 242 g/mol. The lowest BCUT2D eigenvalue weighted by atomic mass is 9.88. The monoisotopic (exact) mass is 265 g/mol. The summed E-state index contributed by atoms with van der Waals surface area (Å²) in [6.07, 6.45) is 6.53. The highest BCUT2D eigenvalue weighted by Crippen LogP contribution is 2.31. The molecule has 1 saturated carbocycles. The van der Waals surface area contributed by atoms with E-state index in [4.69, 9.17) is 4.52 Å². The second kappa shape index (κ2) is 5.59. The molecule has 0 amide bonds. The van der Waals surface area contributed by atoms with Crippen LogP contribution in [0.4, 0.5) is 0 Å². The van der Waals surface area contributed by atoms with Crippen molar-refractivity contribution in [3.63, 3.8) is 0 Å². The summed E-state index contributed by atoms with van der Waals surface area (Å²) < 4.78 is 5.28. The zero-order valence-electron chi connectivity index (χ0n) is 11.6. The number of hydrogen-bond donors (Lipinski definition) is 1. The van der Waals surface area contributed by atoms with Crippen molar-refractivity contribution in [2.24, 2.45) is 0 Å². The lowest BCUT2D eigenvalue weighted by Gasteiger charge is -2.41. The lowest BCUT2D eigenvalue weighted by molar-refractivity contribution is 0.00731. The standard InChI is InChI=1S/C14H23N3O2/c1-10-15-14(19-16-10)11-6-8-17(9-7-11)12-4-2-3-5-13(12)18/h11-13,18H,2-9H2,1H3. The van der Waals surface area contributed by atoms with Crippen LogP contribution in [0.1, 0.15) is 56.2 Å². The minimum atomic E-state index is -0.129. The Morgan fingerprint density at radius 3 is 2.53 bits per heavy atom. The average molecular weight is 265 g/mol. The van der Waals surface area contributed by atoms with Crippen LogP contribution in [0, 0.1) is 6.92 Å². The smallest absolute Gasteiger partial charge is 0.229 e. The Bertz CT molecular complexity index is 413. The van der Waals surface area contributed by atoms with Crippen LogP contribution in [0.3, 0.4) is 0 Å². The van der Waals surface area contributed by atoms with Crippen molar-refractivity contribution >= 4 is 0 Å². The maximum absolute atomic E-state index is 10.1. The molecule has 1 N–H and O–H groups in total. The van der Waals surface area contributed by atoms with Gasteiger partial charge in [0.25, 0.3) is 0 Å². The van der Waals surface area contributed by atoms with Crippen molar-refractivity contribution in [1.29, 1.82) is 0 Å². The molecular formula is C14H23N3O2. The third kappa shape index (κ3) is 2.82. The van der Waals surface area contributed by atoms with Crippen molar-refractivity contribution in [2.75, 3.05) is 13.1 Å². The molecule has 5 heteroatoms. The number of piperidine rings is 1. The van der Waals surface area contributed by atoms with Gasteiger partial charge in [-0.25, -0.2) is 0 Å². The van der Waals surface area contributed by atoms with E-state index in [0.29, 0.717) is 12.0 Å². The van der Waals surface area contributed by atoms with Gasteiger partial charge in [-0.2, -0.15) is 4.98 Å². The molecule has 3 rings (SSSR count). The molecule has 1 aliphatic carbocycles. The Kier molecular flexibility index (Phi) is 3.84. The molecule has 5 nitrogen and oxygen atoms in total. The van der Waals surface area contributed by atoms with Crippen molar-refractivity contribution < 1.29 is 9.63 Å². The van der Waals surface area contributed by atoms with Crippen molar-refractivity contribution in [1.82, 2.24) is 15.0 Å². The Balaban J connectivity index is 1.57. The molecule has 2 unspecified atom stereocenters. The fourth-order valence-corrected chi connectivity index (χ4v) is 3.47. The van der Waals surface area contributed by atoms with Gasteiger partial charge < -0.3 is 9.63 Å². The van der Waals surface area contributed by atoms with Crippen LogP contribution in [0.15, 0.2) is 4.52 Å². The summed E-state index contributed by atoms with van der Waals surface area (Å²) in [7, 11) is 0. The number of aliphatic hydroxyl groups excluding tert-OH is 1. The van der Waals surface area contributed by atoms with E-state index in [9.17, 15) is 5.11 Å². The third-order valence-corrected chi connectivity index (χ3v) is 4.59. The Morgan fingerprint density at radius 1 is 1.16 bits per heavy atom. The molecule has 0 bridgehead atoms. The Labute approximate surface area is 114 Å². The first-order valence-corrected chi connectivity index (χ1v) is 7.46. The van der Waals surface area contributed by atoms with E-state index >= 15 is 0 Å². The molecule has 2 fully saturated rings. The number of likely N-dealkylation sites (tertiary alicyclic amines) is 1. The predicted octanol–water partition coefficient (Wildman–Crippen LogP) is 1.86. The quantitative estimate of drug-likeness (QED) is 0.884. The first-order valence-electron chi connectivity index (χ1n) is 7.46. The second-order valence-corrected chi connectivity index (χ2v) is 5.91. The molecule has 0 spiro atoms. The minimum absolute atomic E-state index is 0.129. The molecule has 106 valence electrons. The highest BCUT2D eigenvalue weighted by atomic mass is 16.5. The van der Waals surface area contributed by atoms with Gasteiger partial charge in [-0.05, 0) is 45.7 Å². The van der Waals surface area contributed by atoms with Crippen LogP contribution in [0.2, 0.25) is 0 Å². The van der Waals surface area contributed by atoms with Crippen LogP contribution in [-0.4, -0.2) is 45.4 Å². The molecule has 2 aliphatic rings. The maximum Gasteiger partial charge on any atom is 0.229 e. The average Bonchev–Trinajstić information content (AvgIpc) is 2.86. The topological polar surface area (TPSA) is 62.4 Å². The van der Waals surface area contributed by atoms with Crippen molar-refractivity contribution in [3.8, 4) is 0 Å². The van der Waals surface area contributed by atoms with Gasteiger partial charge in [-0.3, -0.25) is 4.90 Å². The van der Waals surface area contributed by atoms with Crippen LogP contribution >= 0.6 is 0 Å². The largest absolute Gasteiger partial charge is 0.391 e. The zero-order valence-corrected chi connectivity index (χ0v) is 11.6. The van der Waals surface area contributed by atoms with Crippen LogP contribution in [0.5, 0.6) is 0 Å². The summed E-state index contributed by atoms with van der Waals surface area (Å²) in [5, 5.41) is 14.0. The molecule has 19 heavy (non-hydrogen) atoms. The molecule has 1 aliphatic heterocycles. The fraction of sp³-hybridized carbons (Fsp3) is 0.857. The van der Waals surface area contributed by atoms with Gasteiger partial charge in [0.05, 0.1) is 6.10 Å². The summed E-state index contributed by atoms with van der Waals surface area (Å²) in [6, 6.07) is 0.374. The number of aliphatic hydroxyl groups is 1. The molecule has 0 radical (unpaired) electrons. The van der Waals surface area contributed by atoms with E-state index in [2.05, 4.69) is 15.0 Å². The zero-order chi connectivity index (χ0) is 13.2. The third-order valence-electron chi connectivity index (χ3n) is 4.59. The molecule has 0 aromatic carbocycles. The van der Waals surface area contributed by atoms with Gasteiger partial charge in [0, 0.05) is 12.0 Å². The molecule has 1 saturated heterocycles. The SMILES string of the molecule is Cc1noc(C2CCN(C3CCCCC3O)CC2)n1. The second-order valence-electron chi connectivity index (χ2n) is 5.91. The summed E-state index contributed by atoms with van der Waals surface area (Å²) in [4.78, 5) is 6.80. The van der Waals surface area contributed by atoms with E-state index in [1.165, 1.54) is 12.8 Å². The van der Waals surface area contributed by atoms with Crippen molar-refractivity contribution in [3.05, 3.63) is 11.7 Å². The molecule has 2 heterocycles.